The van der Waals surface area contributed by atoms with Gasteiger partial charge in [-0.3, -0.25) is 9.59 Å². The second-order valence-electron chi connectivity index (χ2n) is 5.49. The lowest BCUT2D eigenvalue weighted by Gasteiger charge is -2.24. The maximum Gasteiger partial charge on any atom is 0.318 e. The number of rotatable bonds is 5. The molecule has 6 heteroatoms. The molecule has 3 aromatic rings. The molecule has 0 bridgehead atoms. The average molecular weight is 323 g/mol. The number of methoxy groups -OCH3 is 1. The van der Waals surface area contributed by atoms with Gasteiger partial charge >= 0.3 is 5.97 Å². The Hall–Kier alpha value is -3.02. The second-order valence-corrected chi connectivity index (χ2v) is 5.49. The van der Waals surface area contributed by atoms with Crippen LogP contribution < -0.4 is 0 Å². The van der Waals surface area contributed by atoms with E-state index < -0.39 is 17.9 Å². The van der Waals surface area contributed by atoms with E-state index in [-0.39, 0.29) is 5.78 Å². The number of Topliss-reactive ketones (excluding diaryl/α,β-unsaturated/α-hetero) is 1. The van der Waals surface area contributed by atoms with Gasteiger partial charge in [0.2, 0.25) is 0 Å². The number of hydrogen-bond acceptors (Lipinski definition) is 5. The van der Waals surface area contributed by atoms with Crippen LogP contribution in [0.4, 0.5) is 0 Å². The normalized spacial score (nSPS) is 13.4. The number of ketones is 1. The van der Waals surface area contributed by atoms with Crippen molar-refractivity contribution >= 4 is 22.8 Å². The number of para-hydroxylation sites is 1. The lowest BCUT2D eigenvalue weighted by Crippen LogP contribution is -2.34. The molecule has 0 saturated carbocycles. The van der Waals surface area contributed by atoms with Crippen molar-refractivity contribution in [3.05, 3.63) is 60.2 Å². The van der Waals surface area contributed by atoms with Gasteiger partial charge in [-0.05, 0) is 24.6 Å². The number of carbonyl (C=O) groups excluding carboxylic acids is 2. The summed E-state index contributed by atoms with van der Waals surface area (Å²) < 4.78 is 6.48. The van der Waals surface area contributed by atoms with E-state index in [4.69, 9.17) is 4.74 Å². The standard InChI is InChI=1S/C18H17N3O3/c1-12(22)16(18(23)24-2)17(13-8-4-3-5-9-13)21-15-11-7-6-10-14(15)19-20-21/h3-11,16-17H,1-2H3. The average Bonchev–Trinajstić information content (AvgIpc) is 3.03. The quantitative estimate of drug-likeness (QED) is 0.532. The van der Waals surface area contributed by atoms with Crippen LogP contribution in [0.1, 0.15) is 18.5 Å². The Morgan fingerprint density at radius 1 is 1.04 bits per heavy atom. The highest BCUT2D eigenvalue weighted by Gasteiger charge is 2.37. The van der Waals surface area contributed by atoms with E-state index in [1.807, 2.05) is 54.6 Å². The smallest absolute Gasteiger partial charge is 0.318 e. The molecule has 0 aliphatic heterocycles. The van der Waals surface area contributed by atoms with Crippen LogP contribution in [0.3, 0.4) is 0 Å². The van der Waals surface area contributed by atoms with Crippen LogP contribution >= 0.6 is 0 Å². The Kier molecular flexibility index (Phi) is 4.37. The van der Waals surface area contributed by atoms with Crippen molar-refractivity contribution in [2.75, 3.05) is 7.11 Å². The Morgan fingerprint density at radius 2 is 1.71 bits per heavy atom. The number of carbonyl (C=O) groups is 2. The van der Waals surface area contributed by atoms with Crippen molar-refractivity contribution in [3.63, 3.8) is 0 Å². The van der Waals surface area contributed by atoms with Crippen LogP contribution in [0.5, 0.6) is 0 Å². The van der Waals surface area contributed by atoms with Crippen molar-refractivity contribution < 1.29 is 14.3 Å². The minimum Gasteiger partial charge on any atom is -0.468 e. The number of aromatic nitrogens is 3. The lowest BCUT2D eigenvalue weighted by molar-refractivity contribution is -0.150. The molecule has 0 aliphatic rings. The first-order valence-electron chi connectivity index (χ1n) is 7.56. The molecule has 24 heavy (non-hydrogen) atoms. The highest BCUT2D eigenvalue weighted by Crippen LogP contribution is 2.30. The molecular weight excluding hydrogens is 306 g/mol. The van der Waals surface area contributed by atoms with E-state index in [1.54, 1.807) is 4.68 Å². The van der Waals surface area contributed by atoms with E-state index in [0.717, 1.165) is 11.1 Å². The van der Waals surface area contributed by atoms with Crippen molar-refractivity contribution in [1.29, 1.82) is 0 Å². The number of esters is 1. The van der Waals surface area contributed by atoms with Crippen LogP contribution in [0.2, 0.25) is 0 Å². The van der Waals surface area contributed by atoms with Gasteiger partial charge in [-0.2, -0.15) is 0 Å². The maximum absolute atomic E-state index is 12.3. The lowest BCUT2D eigenvalue weighted by atomic mass is 9.90. The number of fused-ring (bicyclic) bond motifs is 1. The summed E-state index contributed by atoms with van der Waals surface area (Å²) in [6.07, 6.45) is 0. The second kappa shape index (κ2) is 6.62. The van der Waals surface area contributed by atoms with Crippen LogP contribution in [0.25, 0.3) is 11.0 Å². The predicted octanol–water partition coefficient (Wildman–Crippen LogP) is 2.40. The van der Waals surface area contributed by atoms with Gasteiger partial charge < -0.3 is 4.74 Å². The van der Waals surface area contributed by atoms with Crippen LogP contribution in [0.15, 0.2) is 54.6 Å². The van der Waals surface area contributed by atoms with Crippen molar-refractivity contribution in [2.45, 2.75) is 13.0 Å². The highest BCUT2D eigenvalue weighted by molar-refractivity contribution is 5.99. The minimum atomic E-state index is -0.998. The molecule has 6 nitrogen and oxygen atoms in total. The third-order valence-electron chi connectivity index (χ3n) is 3.99. The van der Waals surface area contributed by atoms with Gasteiger partial charge in [0.15, 0.2) is 0 Å². The molecular formula is C18H17N3O3. The number of benzene rings is 2. The molecule has 0 N–H and O–H groups in total. The molecule has 2 unspecified atom stereocenters. The fraction of sp³-hybridized carbons (Fsp3) is 0.222. The Morgan fingerprint density at radius 3 is 2.38 bits per heavy atom. The molecule has 0 radical (unpaired) electrons. The number of nitrogens with zero attached hydrogens (tertiary/aromatic N) is 3. The fourth-order valence-corrected chi connectivity index (χ4v) is 2.86. The van der Waals surface area contributed by atoms with E-state index >= 15 is 0 Å². The highest BCUT2D eigenvalue weighted by atomic mass is 16.5. The van der Waals surface area contributed by atoms with Crippen molar-refractivity contribution in [2.24, 2.45) is 5.92 Å². The molecule has 0 saturated heterocycles. The third kappa shape index (κ3) is 2.78. The van der Waals surface area contributed by atoms with Gasteiger partial charge in [0, 0.05) is 0 Å². The zero-order valence-corrected chi connectivity index (χ0v) is 13.4. The molecule has 0 aliphatic carbocycles. The molecule has 1 aromatic heterocycles. The van der Waals surface area contributed by atoms with E-state index in [9.17, 15) is 9.59 Å². The van der Waals surface area contributed by atoms with Crippen LogP contribution in [0, 0.1) is 5.92 Å². The number of ether oxygens (including phenoxy) is 1. The molecule has 3 rings (SSSR count). The van der Waals surface area contributed by atoms with Crippen LogP contribution in [-0.2, 0) is 14.3 Å². The largest absolute Gasteiger partial charge is 0.468 e. The Balaban J connectivity index is 2.22. The monoisotopic (exact) mass is 323 g/mol. The summed E-state index contributed by atoms with van der Waals surface area (Å²) >= 11 is 0. The first-order chi connectivity index (χ1) is 11.6. The summed E-state index contributed by atoms with van der Waals surface area (Å²) in [5.74, 6) is -1.87. The van der Waals surface area contributed by atoms with Gasteiger partial charge in [0.25, 0.3) is 0 Å². The van der Waals surface area contributed by atoms with E-state index in [2.05, 4.69) is 10.3 Å². The summed E-state index contributed by atoms with van der Waals surface area (Å²) in [5, 5.41) is 8.34. The summed E-state index contributed by atoms with van der Waals surface area (Å²) in [4.78, 5) is 24.5. The zero-order chi connectivity index (χ0) is 17.1. The SMILES string of the molecule is COC(=O)C(C(C)=O)C(c1ccccc1)n1nnc2ccccc21. The van der Waals surface area contributed by atoms with Crippen molar-refractivity contribution in [3.8, 4) is 0 Å². The minimum absolute atomic E-state index is 0.282. The topological polar surface area (TPSA) is 74.1 Å². The van der Waals surface area contributed by atoms with Gasteiger partial charge in [0.1, 0.15) is 17.2 Å². The maximum atomic E-state index is 12.3. The summed E-state index contributed by atoms with van der Waals surface area (Å²) in [7, 11) is 1.28. The van der Waals surface area contributed by atoms with Gasteiger partial charge in [-0.15, -0.1) is 5.10 Å². The molecule has 0 amide bonds. The van der Waals surface area contributed by atoms with Crippen molar-refractivity contribution in [1.82, 2.24) is 15.0 Å². The molecule has 0 fully saturated rings. The predicted molar refractivity (Wildman–Crippen MR) is 88.3 cm³/mol. The fourth-order valence-electron chi connectivity index (χ4n) is 2.86. The first-order valence-corrected chi connectivity index (χ1v) is 7.56. The molecule has 2 atom stereocenters. The van der Waals surface area contributed by atoms with Gasteiger partial charge in [0.05, 0.1) is 18.7 Å². The van der Waals surface area contributed by atoms with E-state index in [1.165, 1.54) is 14.0 Å². The first kappa shape index (κ1) is 15.9. The zero-order valence-electron chi connectivity index (χ0n) is 13.4. The Labute approximate surface area is 139 Å². The molecule has 2 aromatic carbocycles. The van der Waals surface area contributed by atoms with E-state index in [0.29, 0.717) is 5.52 Å². The Bertz CT molecular complexity index is 873. The molecule has 1 heterocycles. The van der Waals surface area contributed by atoms with Gasteiger partial charge in [-0.25, -0.2) is 4.68 Å². The summed E-state index contributed by atoms with van der Waals surface area (Å²) in [5.41, 5.74) is 2.24. The van der Waals surface area contributed by atoms with Gasteiger partial charge in [-0.1, -0.05) is 47.7 Å². The third-order valence-corrected chi connectivity index (χ3v) is 3.99. The summed E-state index contributed by atoms with van der Waals surface area (Å²) in [6, 6.07) is 16.1. The molecule has 122 valence electrons. The molecule has 0 spiro atoms. The summed E-state index contributed by atoms with van der Waals surface area (Å²) in [6.45, 7) is 1.39. The number of hydrogen-bond donors (Lipinski definition) is 0. The van der Waals surface area contributed by atoms with Crippen LogP contribution in [-0.4, -0.2) is 33.9 Å².